The van der Waals surface area contributed by atoms with Crippen molar-refractivity contribution < 1.29 is 0 Å². The van der Waals surface area contributed by atoms with Crippen molar-refractivity contribution in [2.24, 2.45) is 5.92 Å². The summed E-state index contributed by atoms with van der Waals surface area (Å²) in [6, 6.07) is 0.565. The number of halogens is 1. The highest BCUT2D eigenvalue weighted by Crippen LogP contribution is 2.20. The molecule has 1 unspecified atom stereocenters. The zero-order valence-corrected chi connectivity index (χ0v) is 13.2. The first-order valence-corrected chi connectivity index (χ1v) is 7.69. The van der Waals surface area contributed by atoms with Gasteiger partial charge in [0, 0.05) is 35.1 Å². The van der Waals surface area contributed by atoms with Crippen LogP contribution in [0, 0.1) is 9.49 Å². The van der Waals surface area contributed by atoms with Gasteiger partial charge < -0.3 is 10.2 Å². The average molecular weight is 360 g/mol. The van der Waals surface area contributed by atoms with Crippen LogP contribution in [0.2, 0.25) is 0 Å². The molecule has 18 heavy (non-hydrogen) atoms. The first-order valence-electron chi connectivity index (χ1n) is 6.61. The second-order valence-corrected chi connectivity index (χ2v) is 6.46. The Balaban J connectivity index is 1.91. The third kappa shape index (κ3) is 4.05. The van der Waals surface area contributed by atoms with Crippen molar-refractivity contribution in [2.45, 2.75) is 32.7 Å². The van der Waals surface area contributed by atoms with E-state index in [-0.39, 0.29) is 0 Å². The molecule has 1 fully saturated rings. The smallest absolute Gasteiger partial charge is 0.225 e. The average Bonchev–Trinajstić information content (AvgIpc) is 2.37. The third-order valence-corrected chi connectivity index (χ3v) is 3.78. The van der Waals surface area contributed by atoms with Crippen molar-refractivity contribution in [1.29, 1.82) is 0 Å². The second kappa shape index (κ2) is 6.65. The van der Waals surface area contributed by atoms with Gasteiger partial charge in [-0.1, -0.05) is 13.8 Å². The van der Waals surface area contributed by atoms with Crippen LogP contribution in [0.4, 0.5) is 5.95 Å². The summed E-state index contributed by atoms with van der Waals surface area (Å²) in [5.74, 6) is 1.59. The van der Waals surface area contributed by atoms with Gasteiger partial charge in [0.2, 0.25) is 5.95 Å². The SMILES string of the molecule is CC(C)NCC1CCCN(c2ncc(I)cn2)C1. The van der Waals surface area contributed by atoms with Crippen LogP contribution < -0.4 is 10.2 Å². The van der Waals surface area contributed by atoms with Crippen molar-refractivity contribution in [3.8, 4) is 0 Å². The molecule has 1 saturated heterocycles. The van der Waals surface area contributed by atoms with Crippen LogP contribution in [0.3, 0.4) is 0 Å². The minimum Gasteiger partial charge on any atom is -0.341 e. The number of rotatable bonds is 4. The fraction of sp³-hybridized carbons (Fsp3) is 0.692. The molecule has 100 valence electrons. The monoisotopic (exact) mass is 360 g/mol. The van der Waals surface area contributed by atoms with Gasteiger partial charge in [0.25, 0.3) is 0 Å². The Morgan fingerprint density at radius 2 is 2.17 bits per heavy atom. The van der Waals surface area contributed by atoms with E-state index in [9.17, 15) is 0 Å². The van der Waals surface area contributed by atoms with Crippen molar-refractivity contribution >= 4 is 28.5 Å². The summed E-state index contributed by atoms with van der Waals surface area (Å²) in [6.07, 6.45) is 6.32. The minimum absolute atomic E-state index is 0.565. The first kappa shape index (κ1) is 14.0. The maximum Gasteiger partial charge on any atom is 0.225 e. The number of nitrogens with one attached hydrogen (secondary N) is 1. The molecule has 0 saturated carbocycles. The minimum atomic E-state index is 0.565. The lowest BCUT2D eigenvalue weighted by Crippen LogP contribution is -2.41. The molecule has 4 nitrogen and oxygen atoms in total. The van der Waals surface area contributed by atoms with Crippen LogP contribution >= 0.6 is 22.6 Å². The van der Waals surface area contributed by atoms with E-state index in [2.05, 4.69) is 56.6 Å². The number of hydrogen-bond donors (Lipinski definition) is 1. The van der Waals surface area contributed by atoms with E-state index in [1.807, 2.05) is 12.4 Å². The molecule has 0 amide bonds. The van der Waals surface area contributed by atoms with Gasteiger partial charge in [-0.25, -0.2) is 9.97 Å². The molecule has 1 aliphatic rings. The molecular weight excluding hydrogens is 339 g/mol. The normalized spacial score (nSPS) is 20.4. The Bertz CT molecular complexity index is 366. The molecule has 0 aromatic carbocycles. The largest absolute Gasteiger partial charge is 0.341 e. The van der Waals surface area contributed by atoms with E-state index in [4.69, 9.17) is 0 Å². The highest BCUT2D eigenvalue weighted by atomic mass is 127. The molecule has 1 N–H and O–H groups in total. The van der Waals surface area contributed by atoms with Gasteiger partial charge in [-0.15, -0.1) is 0 Å². The van der Waals surface area contributed by atoms with E-state index in [1.165, 1.54) is 12.8 Å². The summed E-state index contributed by atoms with van der Waals surface area (Å²) >= 11 is 2.24. The van der Waals surface area contributed by atoms with Crippen molar-refractivity contribution in [1.82, 2.24) is 15.3 Å². The Morgan fingerprint density at radius 3 is 2.83 bits per heavy atom. The van der Waals surface area contributed by atoms with Gasteiger partial charge in [0.05, 0.1) is 0 Å². The summed E-state index contributed by atoms with van der Waals surface area (Å²) in [7, 11) is 0. The predicted molar refractivity (Wildman–Crippen MR) is 82.8 cm³/mol. The van der Waals surface area contributed by atoms with Crippen LogP contribution in [0.15, 0.2) is 12.4 Å². The topological polar surface area (TPSA) is 41.0 Å². The Labute approximate surface area is 123 Å². The second-order valence-electron chi connectivity index (χ2n) is 5.22. The summed E-state index contributed by atoms with van der Waals surface area (Å²) in [5.41, 5.74) is 0. The van der Waals surface area contributed by atoms with E-state index in [1.54, 1.807) is 0 Å². The van der Waals surface area contributed by atoms with Crippen molar-refractivity contribution in [3.05, 3.63) is 16.0 Å². The lowest BCUT2D eigenvalue weighted by atomic mass is 9.98. The zero-order valence-electron chi connectivity index (χ0n) is 11.1. The van der Waals surface area contributed by atoms with Gasteiger partial charge in [0.15, 0.2) is 0 Å². The third-order valence-electron chi connectivity index (χ3n) is 3.22. The van der Waals surface area contributed by atoms with Crippen LogP contribution in [-0.4, -0.2) is 35.6 Å². The molecular formula is C13H21IN4. The molecule has 1 aliphatic heterocycles. The fourth-order valence-corrected chi connectivity index (χ4v) is 2.56. The van der Waals surface area contributed by atoms with Gasteiger partial charge in [0.1, 0.15) is 0 Å². The maximum atomic E-state index is 4.42. The van der Waals surface area contributed by atoms with Crippen LogP contribution in [0.5, 0.6) is 0 Å². The number of anilines is 1. The number of aromatic nitrogens is 2. The lowest BCUT2D eigenvalue weighted by Gasteiger charge is -2.33. The Morgan fingerprint density at radius 1 is 1.44 bits per heavy atom. The molecule has 0 radical (unpaired) electrons. The van der Waals surface area contributed by atoms with E-state index in [0.29, 0.717) is 12.0 Å². The van der Waals surface area contributed by atoms with Gasteiger partial charge in [-0.2, -0.15) is 0 Å². The molecule has 1 atom stereocenters. The Hall–Kier alpha value is -0.430. The van der Waals surface area contributed by atoms with Gasteiger partial charge in [-0.3, -0.25) is 0 Å². The maximum absolute atomic E-state index is 4.42. The van der Waals surface area contributed by atoms with E-state index >= 15 is 0 Å². The molecule has 2 heterocycles. The Kier molecular flexibility index (Phi) is 5.17. The summed E-state index contributed by atoms with van der Waals surface area (Å²) in [4.78, 5) is 11.1. The molecule has 0 bridgehead atoms. The molecule has 0 aliphatic carbocycles. The number of piperidine rings is 1. The summed E-state index contributed by atoms with van der Waals surface area (Å²) < 4.78 is 1.09. The van der Waals surface area contributed by atoms with Crippen LogP contribution in [0.1, 0.15) is 26.7 Å². The summed E-state index contributed by atoms with van der Waals surface area (Å²) in [5, 5.41) is 3.53. The zero-order chi connectivity index (χ0) is 13.0. The molecule has 5 heteroatoms. The van der Waals surface area contributed by atoms with Crippen LogP contribution in [-0.2, 0) is 0 Å². The predicted octanol–water partition coefficient (Wildman–Crippen LogP) is 2.30. The van der Waals surface area contributed by atoms with Crippen molar-refractivity contribution in [2.75, 3.05) is 24.5 Å². The van der Waals surface area contributed by atoms with Crippen LogP contribution in [0.25, 0.3) is 0 Å². The highest BCUT2D eigenvalue weighted by Gasteiger charge is 2.21. The molecule has 1 aromatic heterocycles. The highest BCUT2D eigenvalue weighted by molar-refractivity contribution is 14.1. The molecule has 2 rings (SSSR count). The van der Waals surface area contributed by atoms with Gasteiger partial charge in [-0.05, 0) is 47.9 Å². The standard InChI is InChI=1S/C13H21IN4/c1-10(2)15-6-11-4-3-5-18(9-11)13-16-7-12(14)8-17-13/h7-8,10-11,15H,3-6,9H2,1-2H3. The van der Waals surface area contributed by atoms with Crippen molar-refractivity contribution in [3.63, 3.8) is 0 Å². The lowest BCUT2D eigenvalue weighted by molar-refractivity contribution is 0.377. The first-order chi connectivity index (χ1) is 8.65. The van der Waals surface area contributed by atoms with E-state index < -0.39 is 0 Å². The van der Waals surface area contributed by atoms with E-state index in [0.717, 1.165) is 29.2 Å². The quantitative estimate of drug-likeness (QED) is 0.837. The summed E-state index contributed by atoms with van der Waals surface area (Å²) in [6.45, 7) is 7.64. The molecule has 1 aromatic rings. The fourth-order valence-electron chi connectivity index (χ4n) is 2.28. The molecule has 0 spiro atoms. The number of hydrogen-bond acceptors (Lipinski definition) is 4. The number of nitrogens with zero attached hydrogens (tertiary/aromatic N) is 3. The van der Waals surface area contributed by atoms with Gasteiger partial charge >= 0.3 is 0 Å².